The summed E-state index contributed by atoms with van der Waals surface area (Å²) in [6.07, 6.45) is 1.42. The summed E-state index contributed by atoms with van der Waals surface area (Å²) in [6.45, 7) is 6.56. The van der Waals surface area contributed by atoms with Gasteiger partial charge in [0.25, 0.3) is 5.91 Å². The molecule has 1 rings (SSSR count). The predicted octanol–water partition coefficient (Wildman–Crippen LogP) is 1.45. The molecule has 3 N–H and O–H groups in total. The minimum atomic E-state index is -1.10. The van der Waals surface area contributed by atoms with E-state index >= 15 is 0 Å². The second-order valence-electron chi connectivity index (χ2n) is 5.47. The van der Waals surface area contributed by atoms with Crippen molar-refractivity contribution in [2.75, 3.05) is 0 Å². The van der Waals surface area contributed by atoms with E-state index in [0.29, 0.717) is 5.56 Å². The summed E-state index contributed by atoms with van der Waals surface area (Å²) in [5, 5.41) is 11.6. The van der Waals surface area contributed by atoms with Crippen LogP contribution in [0.25, 0.3) is 0 Å². The van der Waals surface area contributed by atoms with Crippen LogP contribution in [0.1, 0.15) is 48.5 Å². The number of Topliss-reactive ketones (excluding diaryl/α,β-unsaturated/α-hetero) is 1. The van der Waals surface area contributed by atoms with Crippen molar-refractivity contribution in [2.45, 2.75) is 33.7 Å². The van der Waals surface area contributed by atoms with Crippen LogP contribution >= 0.6 is 0 Å². The van der Waals surface area contributed by atoms with Crippen LogP contribution in [0.5, 0.6) is 0 Å². The van der Waals surface area contributed by atoms with Crippen LogP contribution in [-0.4, -0.2) is 33.8 Å². The fraction of sp³-hybridized carbons (Fsp3) is 0.462. The van der Waals surface area contributed by atoms with Gasteiger partial charge in [-0.3, -0.25) is 9.59 Å². The van der Waals surface area contributed by atoms with Crippen LogP contribution in [0.2, 0.25) is 0 Å². The van der Waals surface area contributed by atoms with E-state index in [0.717, 1.165) is 0 Å². The van der Waals surface area contributed by atoms with Gasteiger partial charge in [0.05, 0.1) is 0 Å². The van der Waals surface area contributed by atoms with Gasteiger partial charge in [0.1, 0.15) is 11.7 Å². The molecule has 0 unspecified atom stereocenters. The first-order valence-electron chi connectivity index (χ1n) is 5.86. The van der Waals surface area contributed by atoms with Gasteiger partial charge in [-0.25, -0.2) is 4.79 Å². The first-order chi connectivity index (χ1) is 8.62. The second-order valence-corrected chi connectivity index (χ2v) is 5.47. The van der Waals surface area contributed by atoms with E-state index in [1.54, 1.807) is 20.8 Å². The first-order valence-corrected chi connectivity index (χ1v) is 5.86. The quantitative estimate of drug-likeness (QED) is 0.718. The summed E-state index contributed by atoms with van der Waals surface area (Å²) < 4.78 is 0. The number of carbonyl (C=O) groups is 3. The van der Waals surface area contributed by atoms with Crippen LogP contribution in [-0.2, 0) is 4.79 Å². The maximum Gasteiger partial charge on any atom is 0.326 e. The molecule has 0 spiro atoms. The smallest absolute Gasteiger partial charge is 0.326 e. The Labute approximate surface area is 111 Å². The number of carbonyl (C=O) groups excluding carboxylic acids is 2. The first kappa shape index (κ1) is 14.9. The van der Waals surface area contributed by atoms with Crippen molar-refractivity contribution in [1.82, 2.24) is 10.3 Å². The van der Waals surface area contributed by atoms with E-state index in [2.05, 4.69) is 10.3 Å². The number of carboxylic acids is 1. The van der Waals surface area contributed by atoms with E-state index in [9.17, 15) is 14.4 Å². The molecule has 1 heterocycles. The molecule has 0 aliphatic carbocycles. The molecule has 1 amide bonds. The Bertz CT molecular complexity index is 511. The fourth-order valence-electron chi connectivity index (χ4n) is 1.59. The van der Waals surface area contributed by atoms with Crippen LogP contribution in [0, 0.1) is 5.41 Å². The van der Waals surface area contributed by atoms with Crippen LogP contribution in [0.15, 0.2) is 12.3 Å². The molecule has 0 saturated carbocycles. The van der Waals surface area contributed by atoms with Crippen LogP contribution in [0.3, 0.4) is 0 Å². The average molecular weight is 266 g/mol. The van der Waals surface area contributed by atoms with Gasteiger partial charge in [0, 0.05) is 11.8 Å². The summed E-state index contributed by atoms with van der Waals surface area (Å²) in [6, 6.07) is 0.392. The summed E-state index contributed by atoms with van der Waals surface area (Å²) in [5.41, 5.74) is -0.0641. The van der Waals surface area contributed by atoms with Crippen molar-refractivity contribution in [1.29, 1.82) is 0 Å². The van der Waals surface area contributed by atoms with Crippen LogP contribution in [0.4, 0.5) is 0 Å². The molecule has 104 valence electrons. The minimum Gasteiger partial charge on any atom is -0.480 e. The molecule has 6 heteroatoms. The number of nitrogens with one attached hydrogen (secondary N) is 2. The number of H-pyrrole nitrogens is 1. The van der Waals surface area contributed by atoms with Crippen molar-refractivity contribution in [3.05, 3.63) is 23.5 Å². The molecule has 0 saturated heterocycles. The number of aliphatic carboxylic acids is 1. The highest BCUT2D eigenvalue weighted by atomic mass is 16.4. The number of hydrogen-bond donors (Lipinski definition) is 3. The Kier molecular flexibility index (Phi) is 4.14. The predicted molar refractivity (Wildman–Crippen MR) is 69.1 cm³/mol. The molecule has 1 atom stereocenters. The van der Waals surface area contributed by atoms with E-state index in [1.807, 2.05) is 0 Å². The number of aromatic nitrogens is 1. The highest BCUT2D eigenvalue weighted by molar-refractivity contribution is 6.00. The summed E-state index contributed by atoms with van der Waals surface area (Å²) in [4.78, 5) is 36.9. The third-order valence-corrected chi connectivity index (χ3v) is 2.72. The van der Waals surface area contributed by atoms with Gasteiger partial charge >= 0.3 is 5.97 Å². The largest absolute Gasteiger partial charge is 0.480 e. The molecule has 0 bridgehead atoms. The highest BCUT2D eigenvalue weighted by Gasteiger charge is 2.33. The third kappa shape index (κ3) is 3.67. The summed E-state index contributed by atoms with van der Waals surface area (Å²) in [7, 11) is 0. The molecular formula is C13H18N2O4. The van der Waals surface area contributed by atoms with Gasteiger partial charge < -0.3 is 15.4 Å². The van der Waals surface area contributed by atoms with Crippen molar-refractivity contribution in [3.8, 4) is 0 Å². The van der Waals surface area contributed by atoms with E-state index in [4.69, 9.17) is 5.11 Å². The lowest BCUT2D eigenvalue weighted by atomic mass is 9.86. The van der Waals surface area contributed by atoms with E-state index in [-0.39, 0.29) is 11.5 Å². The molecule has 1 aromatic heterocycles. The van der Waals surface area contributed by atoms with Crippen molar-refractivity contribution >= 4 is 17.7 Å². The normalized spacial score (nSPS) is 12.8. The SMILES string of the molecule is CC(=O)c1c[nH]c(C(=O)N[C@H](C(=O)O)C(C)(C)C)c1. The van der Waals surface area contributed by atoms with Gasteiger partial charge in [-0.1, -0.05) is 20.8 Å². The summed E-state index contributed by atoms with van der Waals surface area (Å²) in [5.74, 6) is -1.81. The number of aromatic amines is 1. The Morgan fingerprint density at radius 2 is 1.89 bits per heavy atom. The standard InChI is InChI=1S/C13H18N2O4/c1-7(16)8-5-9(14-6-8)11(17)15-10(12(18)19)13(2,3)4/h5-6,10,14H,1-4H3,(H,15,17)(H,18,19)/t10-/m1/s1. The zero-order valence-electron chi connectivity index (χ0n) is 11.4. The maximum atomic E-state index is 11.9. The number of carboxylic acid groups (broad SMARTS) is 1. The summed E-state index contributed by atoms with van der Waals surface area (Å²) >= 11 is 0. The van der Waals surface area contributed by atoms with Gasteiger partial charge in [-0.05, 0) is 18.4 Å². The van der Waals surface area contributed by atoms with Gasteiger partial charge in [0.15, 0.2) is 5.78 Å². The number of amides is 1. The number of rotatable bonds is 4. The fourth-order valence-corrected chi connectivity index (χ4v) is 1.59. The molecule has 0 aromatic carbocycles. The molecule has 0 aliphatic heterocycles. The zero-order valence-corrected chi connectivity index (χ0v) is 11.4. The Balaban J connectivity index is 2.88. The molecule has 0 fully saturated rings. The lowest BCUT2D eigenvalue weighted by molar-refractivity contribution is -0.142. The Morgan fingerprint density at radius 1 is 1.32 bits per heavy atom. The minimum absolute atomic E-state index is 0.166. The Morgan fingerprint density at radius 3 is 2.26 bits per heavy atom. The van der Waals surface area contributed by atoms with Crippen LogP contribution < -0.4 is 5.32 Å². The molecule has 1 aromatic rings. The highest BCUT2D eigenvalue weighted by Crippen LogP contribution is 2.20. The number of hydrogen-bond acceptors (Lipinski definition) is 3. The van der Waals surface area contributed by atoms with Crippen molar-refractivity contribution < 1.29 is 19.5 Å². The topological polar surface area (TPSA) is 99.3 Å². The zero-order chi connectivity index (χ0) is 14.8. The van der Waals surface area contributed by atoms with Gasteiger partial charge in [-0.15, -0.1) is 0 Å². The van der Waals surface area contributed by atoms with Gasteiger partial charge in [-0.2, -0.15) is 0 Å². The molecule has 0 aliphatic rings. The van der Waals surface area contributed by atoms with Crippen molar-refractivity contribution in [2.24, 2.45) is 5.41 Å². The van der Waals surface area contributed by atoms with Gasteiger partial charge in [0.2, 0.25) is 0 Å². The van der Waals surface area contributed by atoms with E-state index < -0.39 is 23.3 Å². The average Bonchev–Trinajstić information content (AvgIpc) is 2.72. The molecule has 6 nitrogen and oxygen atoms in total. The molecule has 0 radical (unpaired) electrons. The third-order valence-electron chi connectivity index (χ3n) is 2.72. The number of ketones is 1. The Hall–Kier alpha value is -2.11. The second kappa shape index (κ2) is 5.26. The lowest BCUT2D eigenvalue weighted by Gasteiger charge is -2.27. The maximum absolute atomic E-state index is 11.9. The van der Waals surface area contributed by atoms with Crippen molar-refractivity contribution in [3.63, 3.8) is 0 Å². The van der Waals surface area contributed by atoms with E-state index in [1.165, 1.54) is 19.2 Å². The molecular weight excluding hydrogens is 248 g/mol. The molecule has 19 heavy (non-hydrogen) atoms. The monoisotopic (exact) mass is 266 g/mol. The lowest BCUT2D eigenvalue weighted by Crippen LogP contribution is -2.49.